The Morgan fingerprint density at radius 3 is 2.68 bits per heavy atom. The average Bonchev–Trinajstić information content (AvgIpc) is 2.38. The van der Waals surface area contributed by atoms with Crippen LogP contribution in [0.4, 0.5) is 0 Å². The molecule has 0 aliphatic rings. The third-order valence-electron chi connectivity index (χ3n) is 3.30. The van der Waals surface area contributed by atoms with Gasteiger partial charge in [-0.15, -0.1) is 0 Å². The lowest BCUT2D eigenvalue weighted by Gasteiger charge is -2.21. The van der Waals surface area contributed by atoms with E-state index < -0.39 is 5.54 Å². The summed E-state index contributed by atoms with van der Waals surface area (Å²) in [6.45, 7) is 6.30. The van der Waals surface area contributed by atoms with E-state index in [-0.39, 0.29) is 5.97 Å². The Balaban J connectivity index is 2.43. The molecule has 0 fully saturated rings. The topological polar surface area (TPSA) is 61.5 Å². The van der Waals surface area contributed by atoms with Gasteiger partial charge in [0.05, 0.1) is 13.7 Å². The minimum Gasteiger partial charge on any atom is -0.493 e. The van der Waals surface area contributed by atoms with E-state index in [1.807, 2.05) is 19.1 Å². The number of carbonyl (C=O) groups is 1. The van der Waals surface area contributed by atoms with Crippen LogP contribution >= 0.6 is 0 Å². The van der Waals surface area contributed by atoms with E-state index >= 15 is 0 Å². The zero-order valence-corrected chi connectivity index (χ0v) is 12.2. The van der Waals surface area contributed by atoms with Crippen LogP contribution in [0.25, 0.3) is 0 Å². The highest BCUT2D eigenvalue weighted by Gasteiger charge is 2.28. The smallest absolute Gasteiger partial charge is 0.325 e. The maximum absolute atomic E-state index is 11.4. The first kappa shape index (κ1) is 15.5. The standard InChI is InChI=1S/C15H23NO3/c1-11-7-5-8-13(12(11)2)19-10-6-9-15(3,16)14(17)18-4/h5,7-8H,6,9-10,16H2,1-4H3. The molecule has 0 spiro atoms. The van der Waals surface area contributed by atoms with Crippen LogP contribution in [0.1, 0.15) is 30.9 Å². The van der Waals surface area contributed by atoms with Crippen molar-refractivity contribution in [2.24, 2.45) is 5.73 Å². The molecule has 0 amide bonds. The SMILES string of the molecule is COC(=O)C(C)(N)CCCOc1cccc(C)c1C. The van der Waals surface area contributed by atoms with Gasteiger partial charge in [-0.1, -0.05) is 12.1 Å². The predicted octanol–water partition coefficient (Wildman–Crippen LogP) is 2.35. The molecule has 0 aliphatic carbocycles. The number of ether oxygens (including phenoxy) is 2. The molecule has 4 heteroatoms. The van der Waals surface area contributed by atoms with E-state index in [1.54, 1.807) is 6.92 Å². The van der Waals surface area contributed by atoms with Crippen LogP contribution in [0.5, 0.6) is 5.75 Å². The van der Waals surface area contributed by atoms with Gasteiger partial charge in [0.2, 0.25) is 0 Å². The second-order valence-electron chi connectivity index (χ2n) is 5.06. The summed E-state index contributed by atoms with van der Waals surface area (Å²) >= 11 is 0. The number of rotatable bonds is 6. The summed E-state index contributed by atoms with van der Waals surface area (Å²) in [6, 6.07) is 5.97. The van der Waals surface area contributed by atoms with E-state index in [9.17, 15) is 4.79 Å². The highest BCUT2D eigenvalue weighted by Crippen LogP contribution is 2.21. The van der Waals surface area contributed by atoms with Crippen molar-refractivity contribution in [1.82, 2.24) is 0 Å². The number of hydrogen-bond acceptors (Lipinski definition) is 4. The molecule has 0 aliphatic heterocycles. The maximum Gasteiger partial charge on any atom is 0.325 e. The Labute approximate surface area is 114 Å². The van der Waals surface area contributed by atoms with Crippen molar-refractivity contribution in [3.8, 4) is 5.75 Å². The second-order valence-corrected chi connectivity index (χ2v) is 5.06. The van der Waals surface area contributed by atoms with Crippen molar-refractivity contribution in [3.05, 3.63) is 29.3 Å². The predicted molar refractivity (Wildman–Crippen MR) is 75.3 cm³/mol. The van der Waals surface area contributed by atoms with Crippen LogP contribution in [-0.4, -0.2) is 25.2 Å². The molecule has 1 aromatic carbocycles. The van der Waals surface area contributed by atoms with Crippen LogP contribution in [-0.2, 0) is 9.53 Å². The van der Waals surface area contributed by atoms with Crippen LogP contribution in [0.15, 0.2) is 18.2 Å². The Morgan fingerprint density at radius 1 is 1.37 bits per heavy atom. The molecule has 19 heavy (non-hydrogen) atoms. The summed E-state index contributed by atoms with van der Waals surface area (Å²) in [4.78, 5) is 11.4. The van der Waals surface area contributed by atoms with Gasteiger partial charge in [-0.05, 0) is 50.8 Å². The fourth-order valence-electron chi connectivity index (χ4n) is 1.84. The summed E-state index contributed by atoms with van der Waals surface area (Å²) in [5, 5.41) is 0. The van der Waals surface area contributed by atoms with Gasteiger partial charge >= 0.3 is 5.97 Å². The van der Waals surface area contributed by atoms with Crippen molar-refractivity contribution in [2.75, 3.05) is 13.7 Å². The van der Waals surface area contributed by atoms with Crippen molar-refractivity contribution >= 4 is 5.97 Å². The van der Waals surface area contributed by atoms with E-state index in [4.69, 9.17) is 10.5 Å². The van der Waals surface area contributed by atoms with E-state index in [2.05, 4.69) is 17.7 Å². The Kier molecular flexibility index (Phi) is 5.36. The summed E-state index contributed by atoms with van der Waals surface area (Å²) < 4.78 is 10.4. The van der Waals surface area contributed by atoms with Gasteiger partial charge < -0.3 is 15.2 Å². The molecule has 1 aromatic rings. The van der Waals surface area contributed by atoms with Crippen LogP contribution in [0.3, 0.4) is 0 Å². The molecule has 1 atom stereocenters. The molecule has 0 heterocycles. The van der Waals surface area contributed by atoms with Crippen LogP contribution in [0, 0.1) is 13.8 Å². The average molecular weight is 265 g/mol. The zero-order valence-electron chi connectivity index (χ0n) is 12.2. The first-order valence-electron chi connectivity index (χ1n) is 6.45. The first-order valence-corrected chi connectivity index (χ1v) is 6.45. The summed E-state index contributed by atoms with van der Waals surface area (Å²) in [5.41, 5.74) is 7.28. The number of methoxy groups -OCH3 is 1. The number of benzene rings is 1. The van der Waals surface area contributed by atoms with Crippen molar-refractivity contribution in [3.63, 3.8) is 0 Å². The maximum atomic E-state index is 11.4. The molecule has 1 rings (SSSR count). The number of nitrogens with two attached hydrogens (primary N) is 1. The number of carbonyl (C=O) groups excluding carboxylic acids is 1. The molecule has 1 unspecified atom stereocenters. The number of hydrogen-bond donors (Lipinski definition) is 1. The quantitative estimate of drug-likeness (QED) is 0.633. The molecular weight excluding hydrogens is 242 g/mol. The molecule has 106 valence electrons. The van der Waals surface area contributed by atoms with Crippen molar-refractivity contribution < 1.29 is 14.3 Å². The lowest BCUT2D eigenvalue weighted by Crippen LogP contribution is -2.45. The lowest BCUT2D eigenvalue weighted by molar-refractivity contribution is -0.146. The van der Waals surface area contributed by atoms with Crippen molar-refractivity contribution in [2.45, 2.75) is 39.2 Å². The van der Waals surface area contributed by atoms with E-state index in [0.29, 0.717) is 19.4 Å². The Bertz CT molecular complexity index is 441. The highest BCUT2D eigenvalue weighted by atomic mass is 16.5. The van der Waals surface area contributed by atoms with E-state index in [0.717, 1.165) is 11.3 Å². The molecule has 2 N–H and O–H groups in total. The number of esters is 1. The zero-order chi connectivity index (χ0) is 14.5. The minimum atomic E-state index is -0.945. The molecule has 0 saturated carbocycles. The molecule has 0 saturated heterocycles. The highest BCUT2D eigenvalue weighted by molar-refractivity contribution is 5.79. The Hall–Kier alpha value is -1.55. The van der Waals surface area contributed by atoms with Gasteiger partial charge in [-0.3, -0.25) is 4.79 Å². The van der Waals surface area contributed by atoms with E-state index in [1.165, 1.54) is 12.7 Å². The van der Waals surface area contributed by atoms with Crippen LogP contribution < -0.4 is 10.5 Å². The van der Waals surface area contributed by atoms with Gasteiger partial charge in [-0.25, -0.2) is 0 Å². The summed E-state index contributed by atoms with van der Waals surface area (Å²) in [7, 11) is 1.35. The Morgan fingerprint density at radius 2 is 2.05 bits per heavy atom. The largest absolute Gasteiger partial charge is 0.493 e. The van der Waals surface area contributed by atoms with Crippen LogP contribution in [0.2, 0.25) is 0 Å². The van der Waals surface area contributed by atoms with Gasteiger partial charge in [0.25, 0.3) is 0 Å². The third-order valence-corrected chi connectivity index (χ3v) is 3.30. The fraction of sp³-hybridized carbons (Fsp3) is 0.533. The van der Waals surface area contributed by atoms with Gasteiger partial charge in [-0.2, -0.15) is 0 Å². The van der Waals surface area contributed by atoms with Gasteiger partial charge in [0.15, 0.2) is 0 Å². The normalized spacial score (nSPS) is 13.7. The minimum absolute atomic E-state index is 0.390. The molecular formula is C15H23NO3. The monoisotopic (exact) mass is 265 g/mol. The molecule has 0 radical (unpaired) electrons. The lowest BCUT2D eigenvalue weighted by atomic mass is 9.98. The van der Waals surface area contributed by atoms with Gasteiger partial charge in [0.1, 0.15) is 11.3 Å². The third kappa shape index (κ3) is 4.24. The fourth-order valence-corrected chi connectivity index (χ4v) is 1.84. The van der Waals surface area contributed by atoms with Gasteiger partial charge in [0, 0.05) is 0 Å². The summed E-state index contributed by atoms with van der Waals surface area (Å²) in [6.07, 6.45) is 1.24. The first-order chi connectivity index (χ1) is 8.88. The molecule has 4 nitrogen and oxygen atoms in total. The molecule has 0 bridgehead atoms. The van der Waals surface area contributed by atoms with Crippen molar-refractivity contribution in [1.29, 1.82) is 0 Å². The number of aryl methyl sites for hydroxylation is 1. The summed E-state index contributed by atoms with van der Waals surface area (Å²) in [5.74, 6) is 0.496. The second kappa shape index (κ2) is 6.57. The molecule has 0 aromatic heterocycles.